The number of benzene rings is 3. The molecule has 1 radical (unpaired) electrons. The van der Waals surface area contributed by atoms with E-state index in [1.807, 2.05) is 0 Å². The van der Waals surface area contributed by atoms with Crippen molar-refractivity contribution in [3.05, 3.63) is 124 Å². The number of hydrogen-bond acceptors (Lipinski definition) is 0. The second-order valence-corrected chi connectivity index (χ2v) is 11.1. The van der Waals surface area contributed by atoms with Gasteiger partial charge in [-0.15, -0.1) is 17.8 Å². The Hall–Kier alpha value is -1.81. The molecule has 3 atom stereocenters. The number of aryl methyl sites for hydroxylation is 9. The summed E-state index contributed by atoms with van der Waals surface area (Å²) in [6, 6.07) is 13.4. The van der Waals surface area contributed by atoms with Crippen molar-refractivity contribution >= 4 is 0 Å². The van der Waals surface area contributed by atoms with Gasteiger partial charge in [-0.25, -0.2) is 0 Å². The molecule has 0 nitrogen and oxygen atoms in total. The molecule has 0 saturated carbocycles. The van der Waals surface area contributed by atoms with E-state index < -0.39 is 0 Å². The van der Waals surface area contributed by atoms with E-state index in [0.29, 0.717) is 17.8 Å². The molecule has 1 heteroatoms. The molecule has 0 fully saturated rings. The fourth-order valence-electron chi connectivity index (χ4n) is 5.91. The van der Waals surface area contributed by atoms with Crippen molar-refractivity contribution in [2.75, 3.05) is 0 Å². The molecule has 3 unspecified atom stereocenters. The van der Waals surface area contributed by atoms with Gasteiger partial charge in [0.15, 0.2) is 0 Å². The van der Waals surface area contributed by atoms with Crippen molar-refractivity contribution in [1.29, 1.82) is 0 Å². The zero-order valence-electron chi connectivity index (χ0n) is 25.7. The van der Waals surface area contributed by atoms with Gasteiger partial charge in [0.25, 0.3) is 0 Å². The monoisotopic (exact) mass is 535 g/mol. The summed E-state index contributed by atoms with van der Waals surface area (Å²) in [6.07, 6.45) is 0. The molecule has 0 aliphatic carbocycles. The fourth-order valence-corrected chi connectivity index (χ4v) is 5.91. The van der Waals surface area contributed by atoms with E-state index >= 15 is 0 Å². The van der Waals surface area contributed by atoms with Crippen molar-refractivity contribution in [2.45, 2.75) is 101 Å². The van der Waals surface area contributed by atoms with Gasteiger partial charge in [-0.1, -0.05) is 90.6 Å². The summed E-state index contributed by atoms with van der Waals surface area (Å²) >= 11 is 0. The Morgan fingerprint density at radius 1 is 0.378 bits per heavy atom. The van der Waals surface area contributed by atoms with Crippen LogP contribution in [0.2, 0.25) is 0 Å². The van der Waals surface area contributed by atoms with E-state index in [0.717, 1.165) is 0 Å². The topological polar surface area (TPSA) is 0 Å². The standard InChI is InChI=1S/3C12H17.Cr/c3*1-8(2)12-10(4)6-9(3)7-11(12)5;/h3*6-8H,1H2,2-5H3;/q3*-1;+3. The molecular formula is C36H51Cr. The summed E-state index contributed by atoms with van der Waals surface area (Å²) in [6.45, 7) is 38.0. The quantitative estimate of drug-likeness (QED) is 0.293. The van der Waals surface area contributed by atoms with Crippen molar-refractivity contribution in [3.8, 4) is 0 Å². The first-order valence-electron chi connectivity index (χ1n) is 13.3. The third-order valence-electron chi connectivity index (χ3n) is 6.69. The summed E-state index contributed by atoms with van der Waals surface area (Å²) in [5, 5.41) is 0. The van der Waals surface area contributed by atoms with Crippen molar-refractivity contribution in [3.63, 3.8) is 0 Å². The van der Waals surface area contributed by atoms with Gasteiger partial charge >= 0.3 is 17.4 Å². The number of hydrogen-bond donors (Lipinski definition) is 0. The van der Waals surface area contributed by atoms with Gasteiger partial charge in [-0.3, -0.25) is 0 Å². The van der Waals surface area contributed by atoms with Crippen LogP contribution in [0.1, 0.15) is 105 Å². The summed E-state index contributed by atoms with van der Waals surface area (Å²) in [5.74, 6) is 1.18. The number of rotatable bonds is 3. The Bertz CT molecular complexity index is 930. The van der Waals surface area contributed by atoms with Crippen LogP contribution < -0.4 is 0 Å². The first kappa shape index (κ1) is 35.2. The van der Waals surface area contributed by atoms with Gasteiger partial charge in [-0.2, -0.15) is 0 Å². The normalized spacial score (nSPS) is 12.7. The van der Waals surface area contributed by atoms with Crippen LogP contribution in [0.15, 0.2) is 36.4 Å². The molecule has 0 aliphatic heterocycles. The van der Waals surface area contributed by atoms with Gasteiger partial charge in [0.1, 0.15) is 0 Å². The Morgan fingerprint density at radius 2 is 0.514 bits per heavy atom. The van der Waals surface area contributed by atoms with Crippen LogP contribution in [-0.2, 0) is 17.4 Å². The molecule has 37 heavy (non-hydrogen) atoms. The van der Waals surface area contributed by atoms with Gasteiger partial charge in [0.05, 0.1) is 0 Å². The molecule has 0 amide bonds. The molecule has 0 spiro atoms. The van der Waals surface area contributed by atoms with Crippen LogP contribution in [0.25, 0.3) is 0 Å². The summed E-state index contributed by atoms with van der Waals surface area (Å²) in [7, 11) is 0. The predicted octanol–water partition coefficient (Wildman–Crippen LogP) is 10.6. The second kappa shape index (κ2) is 15.6. The average Bonchev–Trinajstić information content (AvgIpc) is 2.65. The Labute approximate surface area is 241 Å². The third kappa shape index (κ3) is 10.5. The van der Waals surface area contributed by atoms with E-state index in [1.54, 1.807) is 0 Å². The first-order valence-corrected chi connectivity index (χ1v) is 13.3. The van der Waals surface area contributed by atoms with Crippen LogP contribution in [0, 0.1) is 83.1 Å². The molecular weight excluding hydrogens is 484 g/mol. The van der Waals surface area contributed by atoms with E-state index in [1.165, 1.54) is 66.8 Å². The molecule has 0 aromatic heterocycles. The molecule has 3 aromatic rings. The SMILES string of the molecule is [CH2-]C(C)c1c(C)cc(C)cc1C.[CH2-]C(C)c1c(C)cc(C)cc1C.[CH2-]C(C)c1c(C)cc(C)cc1C.[Cr+3]. The van der Waals surface area contributed by atoms with Crippen molar-refractivity contribution in [1.82, 2.24) is 0 Å². The molecule has 0 bridgehead atoms. The molecule has 0 saturated heterocycles. The minimum Gasteiger partial charge on any atom is -0.336 e. The predicted molar refractivity (Wildman–Crippen MR) is 163 cm³/mol. The maximum atomic E-state index is 4.06. The van der Waals surface area contributed by atoms with Gasteiger partial charge in [0.2, 0.25) is 0 Å². The molecule has 201 valence electrons. The summed E-state index contributed by atoms with van der Waals surface area (Å²) in [5.41, 5.74) is 16.5. The van der Waals surface area contributed by atoms with E-state index in [-0.39, 0.29) is 17.4 Å². The van der Waals surface area contributed by atoms with Crippen LogP contribution in [0.3, 0.4) is 0 Å². The average molecular weight is 536 g/mol. The van der Waals surface area contributed by atoms with Crippen LogP contribution in [0.4, 0.5) is 0 Å². The smallest absolute Gasteiger partial charge is 0.336 e. The van der Waals surface area contributed by atoms with Gasteiger partial charge in [0, 0.05) is 0 Å². The first-order chi connectivity index (χ1) is 16.6. The molecule has 0 heterocycles. The van der Waals surface area contributed by atoms with Gasteiger partial charge in [-0.05, 0) is 95.7 Å². The van der Waals surface area contributed by atoms with Crippen LogP contribution >= 0.6 is 0 Å². The van der Waals surface area contributed by atoms with E-state index in [2.05, 4.69) is 140 Å². The van der Waals surface area contributed by atoms with Crippen LogP contribution in [0.5, 0.6) is 0 Å². The molecule has 3 aromatic carbocycles. The largest absolute Gasteiger partial charge is 3.00 e. The minimum atomic E-state index is 0. The molecule has 0 aliphatic rings. The fraction of sp³-hybridized carbons (Fsp3) is 0.417. The zero-order chi connectivity index (χ0) is 27.9. The maximum absolute atomic E-state index is 4.06. The van der Waals surface area contributed by atoms with Crippen molar-refractivity contribution in [2.24, 2.45) is 0 Å². The van der Waals surface area contributed by atoms with Crippen molar-refractivity contribution < 1.29 is 17.4 Å². The zero-order valence-corrected chi connectivity index (χ0v) is 27.0. The second-order valence-electron chi connectivity index (χ2n) is 11.1. The Balaban J connectivity index is 0.000000518. The summed E-state index contributed by atoms with van der Waals surface area (Å²) in [4.78, 5) is 0. The molecule has 0 N–H and O–H groups in total. The summed E-state index contributed by atoms with van der Waals surface area (Å²) < 4.78 is 0. The minimum absolute atomic E-state index is 0. The van der Waals surface area contributed by atoms with Gasteiger partial charge < -0.3 is 20.8 Å². The molecule has 3 rings (SSSR count). The van der Waals surface area contributed by atoms with Crippen LogP contribution in [-0.4, -0.2) is 0 Å². The Kier molecular flexibility index (Phi) is 14.8. The van der Waals surface area contributed by atoms with E-state index in [4.69, 9.17) is 0 Å². The Morgan fingerprint density at radius 3 is 0.622 bits per heavy atom. The van der Waals surface area contributed by atoms with E-state index in [9.17, 15) is 0 Å². The maximum Gasteiger partial charge on any atom is 3.00 e. The third-order valence-corrected chi connectivity index (χ3v) is 6.69.